The van der Waals surface area contributed by atoms with Crippen molar-refractivity contribution in [2.75, 3.05) is 0 Å². The molecular weight excluding hydrogens is 397 g/mol. The van der Waals surface area contributed by atoms with E-state index in [0.29, 0.717) is 28.0 Å². The fourth-order valence-corrected chi connectivity index (χ4v) is 3.33. The lowest BCUT2D eigenvalue weighted by atomic mass is 10.0. The Morgan fingerprint density at radius 3 is 2.31 bits per heavy atom. The molecule has 4 aromatic rings. The third-order valence-corrected chi connectivity index (χ3v) is 4.83. The second kappa shape index (κ2) is 7.03. The molecule has 0 saturated heterocycles. The Balaban J connectivity index is 1.91. The molecule has 0 aliphatic carbocycles. The second-order valence-corrected chi connectivity index (χ2v) is 6.73. The summed E-state index contributed by atoms with van der Waals surface area (Å²) in [6, 6.07) is 13.6. The van der Waals surface area contributed by atoms with Gasteiger partial charge in [-0.2, -0.15) is 0 Å². The second-order valence-electron chi connectivity index (χ2n) is 6.33. The number of halogens is 2. The van der Waals surface area contributed by atoms with Gasteiger partial charge in [-0.3, -0.25) is 9.20 Å². The van der Waals surface area contributed by atoms with Gasteiger partial charge in [0.2, 0.25) is 0 Å². The number of amides is 1. The minimum Gasteiger partial charge on any atom is -0.478 e. The first-order valence-corrected chi connectivity index (χ1v) is 8.84. The number of carbonyl (C=O) groups excluding carboxylic acids is 1. The Morgan fingerprint density at radius 2 is 1.66 bits per heavy atom. The van der Waals surface area contributed by atoms with Crippen molar-refractivity contribution < 1.29 is 19.1 Å². The lowest BCUT2D eigenvalue weighted by Crippen LogP contribution is -2.15. The van der Waals surface area contributed by atoms with E-state index in [9.17, 15) is 19.1 Å². The summed E-state index contributed by atoms with van der Waals surface area (Å²) in [5.41, 5.74) is 8.29. The molecule has 0 aliphatic rings. The van der Waals surface area contributed by atoms with Gasteiger partial charge in [-0.15, -0.1) is 0 Å². The Hall–Kier alpha value is -3.71. The molecule has 6 nitrogen and oxygen atoms in total. The summed E-state index contributed by atoms with van der Waals surface area (Å²) in [6.45, 7) is 0. The number of nitrogens with two attached hydrogens (primary N) is 1. The zero-order valence-electron chi connectivity index (χ0n) is 14.8. The molecule has 2 aromatic heterocycles. The van der Waals surface area contributed by atoms with Crippen LogP contribution in [0.4, 0.5) is 4.39 Å². The van der Waals surface area contributed by atoms with Crippen molar-refractivity contribution in [1.29, 1.82) is 0 Å². The number of hydrogen-bond donors (Lipinski definition) is 2. The van der Waals surface area contributed by atoms with Gasteiger partial charge in [0.15, 0.2) is 0 Å². The van der Waals surface area contributed by atoms with E-state index in [1.807, 2.05) is 0 Å². The number of fused-ring (bicyclic) bond motifs is 1. The van der Waals surface area contributed by atoms with Gasteiger partial charge in [0.05, 0.1) is 10.6 Å². The first-order valence-electron chi connectivity index (χ1n) is 8.46. The predicted octanol–water partition coefficient (Wildman–Crippen LogP) is 4.26. The minimum absolute atomic E-state index is 0.0305. The highest BCUT2D eigenvalue weighted by Gasteiger charge is 2.19. The molecule has 0 spiro atoms. The van der Waals surface area contributed by atoms with Gasteiger partial charge >= 0.3 is 5.97 Å². The summed E-state index contributed by atoms with van der Waals surface area (Å²) >= 11 is 5.94. The maximum atomic E-state index is 13.3. The molecule has 0 radical (unpaired) electrons. The number of aromatic nitrogens is 2. The van der Waals surface area contributed by atoms with Gasteiger partial charge in [0, 0.05) is 11.8 Å². The van der Waals surface area contributed by atoms with Crippen molar-refractivity contribution in [2.24, 2.45) is 5.73 Å². The quantitative estimate of drug-likeness (QED) is 0.526. The van der Waals surface area contributed by atoms with Crippen molar-refractivity contribution in [3.8, 4) is 22.4 Å². The highest BCUT2D eigenvalue weighted by atomic mass is 35.5. The molecule has 3 N–H and O–H groups in total. The Kier molecular flexibility index (Phi) is 4.52. The lowest BCUT2D eigenvalue weighted by molar-refractivity contribution is 0.0697. The van der Waals surface area contributed by atoms with Crippen molar-refractivity contribution in [1.82, 2.24) is 9.38 Å². The highest BCUT2D eigenvalue weighted by Crippen LogP contribution is 2.29. The van der Waals surface area contributed by atoms with E-state index in [2.05, 4.69) is 4.98 Å². The van der Waals surface area contributed by atoms with Crippen molar-refractivity contribution in [3.05, 3.63) is 82.9 Å². The third kappa shape index (κ3) is 3.32. The summed E-state index contributed by atoms with van der Waals surface area (Å²) in [5.74, 6) is -2.24. The molecule has 29 heavy (non-hydrogen) atoms. The maximum absolute atomic E-state index is 13.3. The number of aromatic carboxylic acids is 1. The molecule has 0 atom stereocenters. The molecule has 4 rings (SSSR count). The first kappa shape index (κ1) is 18.6. The molecule has 0 aliphatic heterocycles. The van der Waals surface area contributed by atoms with Gasteiger partial charge in [-0.25, -0.2) is 14.2 Å². The summed E-state index contributed by atoms with van der Waals surface area (Å²) in [7, 11) is 0. The molecule has 2 aromatic carbocycles. The summed E-state index contributed by atoms with van der Waals surface area (Å²) < 4.78 is 14.8. The minimum atomic E-state index is -1.14. The fourth-order valence-electron chi connectivity index (χ4n) is 3.13. The van der Waals surface area contributed by atoms with Gasteiger partial charge in [-0.1, -0.05) is 17.7 Å². The molecular formula is C21H13ClFN3O3. The third-order valence-electron chi connectivity index (χ3n) is 4.50. The van der Waals surface area contributed by atoms with Crippen LogP contribution in [-0.2, 0) is 0 Å². The lowest BCUT2D eigenvalue weighted by Gasteiger charge is -2.07. The van der Waals surface area contributed by atoms with Crippen LogP contribution in [0.1, 0.15) is 20.8 Å². The van der Waals surface area contributed by atoms with E-state index in [0.717, 1.165) is 0 Å². The van der Waals surface area contributed by atoms with Gasteiger partial charge in [-0.05, 0) is 59.7 Å². The topological polar surface area (TPSA) is 97.7 Å². The Morgan fingerprint density at radius 1 is 1.00 bits per heavy atom. The van der Waals surface area contributed by atoms with E-state index < -0.39 is 17.7 Å². The van der Waals surface area contributed by atoms with Crippen molar-refractivity contribution in [2.45, 2.75) is 0 Å². The van der Waals surface area contributed by atoms with E-state index in [1.54, 1.807) is 24.4 Å². The van der Waals surface area contributed by atoms with Gasteiger partial charge in [0.1, 0.15) is 22.9 Å². The SMILES string of the molecule is NC(=O)c1c(-c2ccc(F)cc2)nc2ccc(-c3ccc(Cl)c(C(=O)O)c3)cn12. The van der Waals surface area contributed by atoms with Crippen LogP contribution < -0.4 is 5.73 Å². The molecule has 144 valence electrons. The zero-order chi connectivity index (χ0) is 20.7. The summed E-state index contributed by atoms with van der Waals surface area (Å²) in [4.78, 5) is 28.0. The number of rotatable bonds is 4. The normalized spacial score (nSPS) is 11.0. The molecule has 2 heterocycles. The number of primary amides is 1. The van der Waals surface area contributed by atoms with Crippen LogP contribution in [0.25, 0.3) is 28.0 Å². The van der Waals surface area contributed by atoms with Crippen LogP contribution in [0.5, 0.6) is 0 Å². The molecule has 0 fully saturated rings. The standard InChI is InChI=1S/C21H13ClFN3O3/c22-16-7-3-12(9-15(16)21(28)29)13-4-8-17-25-18(11-1-5-14(23)6-2-11)19(20(24)27)26(17)10-13/h1-10H,(H2,24,27)(H,28,29). The molecule has 0 unspecified atom stereocenters. The summed E-state index contributed by atoms with van der Waals surface area (Å²) in [6.07, 6.45) is 1.64. The van der Waals surface area contributed by atoms with Crippen LogP contribution in [0.15, 0.2) is 60.8 Å². The van der Waals surface area contributed by atoms with Gasteiger partial charge in [0.25, 0.3) is 5.91 Å². The van der Waals surface area contributed by atoms with E-state index >= 15 is 0 Å². The number of nitrogens with zero attached hydrogens (tertiary/aromatic N) is 2. The highest BCUT2D eigenvalue weighted by molar-refractivity contribution is 6.33. The van der Waals surface area contributed by atoms with E-state index in [4.69, 9.17) is 17.3 Å². The maximum Gasteiger partial charge on any atom is 0.337 e. The largest absolute Gasteiger partial charge is 0.478 e. The summed E-state index contributed by atoms with van der Waals surface area (Å²) in [5, 5.41) is 9.41. The fraction of sp³-hybridized carbons (Fsp3) is 0. The molecule has 8 heteroatoms. The van der Waals surface area contributed by atoms with Crippen molar-refractivity contribution >= 4 is 29.1 Å². The average molecular weight is 410 g/mol. The Labute approximate surface area is 169 Å². The van der Waals surface area contributed by atoms with Crippen LogP contribution in [0, 0.1) is 5.82 Å². The number of imidazole rings is 1. The van der Waals surface area contributed by atoms with Crippen LogP contribution in [0.3, 0.4) is 0 Å². The number of pyridine rings is 1. The predicted molar refractivity (Wildman–Crippen MR) is 107 cm³/mol. The van der Waals surface area contributed by atoms with E-state index in [1.165, 1.54) is 40.8 Å². The monoisotopic (exact) mass is 409 g/mol. The number of carboxylic acid groups (broad SMARTS) is 1. The number of carbonyl (C=O) groups is 2. The molecule has 0 bridgehead atoms. The van der Waals surface area contributed by atoms with E-state index in [-0.39, 0.29) is 16.3 Å². The number of carboxylic acids is 1. The molecule has 0 saturated carbocycles. The zero-order valence-corrected chi connectivity index (χ0v) is 15.5. The first-order chi connectivity index (χ1) is 13.8. The van der Waals surface area contributed by atoms with Crippen LogP contribution in [-0.4, -0.2) is 26.4 Å². The van der Waals surface area contributed by atoms with Crippen molar-refractivity contribution in [3.63, 3.8) is 0 Å². The number of hydrogen-bond acceptors (Lipinski definition) is 3. The van der Waals surface area contributed by atoms with Crippen LogP contribution in [0.2, 0.25) is 5.02 Å². The number of benzene rings is 2. The molecule has 1 amide bonds. The van der Waals surface area contributed by atoms with Gasteiger partial charge < -0.3 is 10.8 Å². The average Bonchev–Trinajstić information content (AvgIpc) is 3.07. The van der Waals surface area contributed by atoms with Crippen LogP contribution >= 0.6 is 11.6 Å². The smallest absolute Gasteiger partial charge is 0.337 e. The Bertz CT molecular complexity index is 1280.